The summed E-state index contributed by atoms with van der Waals surface area (Å²) < 4.78 is 26.1. The van der Waals surface area contributed by atoms with Crippen molar-refractivity contribution >= 4 is 33.2 Å². The smallest absolute Gasteiger partial charge is 0.271 e. The Morgan fingerprint density at radius 2 is 1.81 bits per heavy atom. The minimum absolute atomic E-state index is 0.00339. The van der Waals surface area contributed by atoms with Crippen molar-refractivity contribution in [2.45, 2.75) is 52.6 Å². The van der Waals surface area contributed by atoms with Gasteiger partial charge in [0.15, 0.2) is 0 Å². The molecule has 2 rings (SSSR count). The maximum atomic E-state index is 13.6. The van der Waals surface area contributed by atoms with Gasteiger partial charge in [-0.2, -0.15) is 0 Å². The molecule has 0 aromatic heterocycles. The van der Waals surface area contributed by atoms with Crippen LogP contribution in [0.25, 0.3) is 0 Å². The summed E-state index contributed by atoms with van der Waals surface area (Å²) in [7, 11) is -3.98. The fourth-order valence-corrected chi connectivity index (χ4v) is 4.61. The number of hydrogen-bond donors (Lipinski definition) is 1. The van der Waals surface area contributed by atoms with Gasteiger partial charge in [-0.05, 0) is 37.0 Å². The summed E-state index contributed by atoms with van der Waals surface area (Å²) in [4.78, 5) is 38.7. The van der Waals surface area contributed by atoms with Crippen LogP contribution in [-0.2, 0) is 26.2 Å². The molecule has 0 aliphatic rings. The van der Waals surface area contributed by atoms with Crippen LogP contribution in [-0.4, -0.2) is 55.4 Å². The number of rotatable bonds is 13. The van der Waals surface area contributed by atoms with E-state index in [1.807, 2.05) is 38.1 Å². The summed E-state index contributed by atoms with van der Waals surface area (Å²) in [6.07, 6.45) is 2.95. The average Bonchev–Trinajstić information content (AvgIpc) is 2.83. The number of hydrogen-bond acceptors (Lipinski definition) is 6. The Bertz CT molecular complexity index is 1180. The third kappa shape index (κ3) is 7.77. The van der Waals surface area contributed by atoms with Crippen molar-refractivity contribution in [1.82, 2.24) is 10.2 Å². The van der Waals surface area contributed by atoms with E-state index in [1.54, 1.807) is 6.92 Å². The van der Waals surface area contributed by atoms with Crippen LogP contribution >= 0.6 is 0 Å². The molecule has 10 nitrogen and oxygen atoms in total. The monoisotopic (exact) mass is 518 g/mol. The lowest BCUT2D eigenvalue weighted by molar-refractivity contribution is -0.384. The van der Waals surface area contributed by atoms with E-state index < -0.39 is 33.4 Å². The Balaban J connectivity index is 2.45. The molecule has 0 saturated heterocycles. The summed E-state index contributed by atoms with van der Waals surface area (Å²) in [5.74, 6) is -0.901. The van der Waals surface area contributed by atoms with Gasteiger partial charge in [0.1, 0.15) is 12.6 Å². The molecular formula is C25H34N4O6S. The zero-order valence-corrected chi connectivity index (χ0v) is 22.0. The first-order chi connectivity index (χ1) is 17.0. The van der Waals surface area contributed by atoms with Crippen molar-refractivity contribution in [2.24, 2.45) is 0 Å². The predicted molar refractivity (Wildman–Crippen MR) is 139 cm³/mol. The normalized spacial score (nSPS) is 12.0. The first-order valence-corrected chi connectivity index (χ1v) is 13.7. The minimum Gasteiger partial charge on any atom is -0.354 e. The number of benzene rings is 2. The lowest BCUT2D eigenvalue weighted by Crippen LogP contribution is -2.52. The largest absolute Gasteiger partial charge is 0.354 e. The molecule has 0 aliphatic carbocycles. The van der Waals surface area contributed by atoms with E-state index in [9.17, 15) is 28.1 Å². The highest BCUT2D eigenvalue weighted by Crippen LogP contribution is 2.24. The number of non-ortho nitro benzene ring substituents is 1. The SMILES string of the molecule is CCCCNC(=O)[C@@H](CC)N(Cc1ccccc1C)C(=O)CN(c1cccc([N+](=O)[O-])c1)S(C)(=O)=O. The standard InChI is InChI=1S/C25H34N4O6S/c1-5-7-15-26-25(31)23(6-2)27(17-20-12-9-8-11-19(20)3)24(30)18-28(36(4,34)35)21-13-10-14-22(16-21)29(32)33/h8-14,16,23H,5-7,15,17-18H2,1-4H3,(H,26,31)/t23-/m1/s1. The number of nitrogens with zero attached hydrogens (tertiary/aromatic N) is 3. The number of nitro benzene ring substituents is 1. The molecule has 0 heterocycles. The van der Waals surface area contributed by atoms with E-state index >= 15 is 0 Å². The molecule has 1 N–H and O–H groups in total. The van der Waals surface area contributed by atoms with E-state index in [1.165, 1.54) is 23.1 Å². The van der Waals surface area contributed by atoms with E-state index in [2.05, 4.69) is 5.32 Å². The summed E-state index contributed by atoms with van der Waals surface area (Å²) in [6.45, 7) is 5.66. The molecule has 0 radical (unpaired) electrons. The molecule has 0 bridgehead atoms. The molecule has 11 heteroatoms. The second-order valence-corrected chi connectivity index (χ2v) is 10.5. The van der Waals surface area contributed by atoms with Gasteiger partial charge in [-0.15, -0.1) is 0 Å². The van der Waals surface area contributed by atoms with Crippen molar-refractivity contribution < 1.29 is 22.9 Å². The van der Waals surface area contributed by atoms with E-state index in [4.69, 9.17) is 0 Å². The Morgan fingerprint density at radius 1 is 1.11 bits per heavy atom. The number of amides is 2. The van der Waals surface area contributed by atoms with Crippen LogP contribution in [0.4, 0.5) is 11.4 Å². The highest BCUT2D eigenvalue weighted by molar-refractivity contribution is 7.92. The molecule has 1 atom stereocenters. The van der Waals surface area contributed by atoms with Gasteiger partial charge in [0.25, 0.3) is 5.69 Å². The Labute approximate surface area is 212 Å². The van der Waals surface area contributed by atoms with Gasteiger partial charge < -0.3 is 10.2 Å². The molecule has 0 aliphatic heterocycles. The Hall–Kier alpha value is -3.47. The van der Waals surface area contributed by atoms with Crippen LogP contribution in [0, 0.1) is 17.0 Å². The fraction of sp³-hybridized carbons (Fsp3) is 0.440. The van der Waals surface area contributed by atoms with E-state index in [-0.39, 0.29) is 23.8 Å². The van der Waals surface area contributed by atoms with Gasteiger partial charge in [0.2, 0.25) is 21.8 Å². The van der Waals surface area contributed by atoms with Gasteiger partial charge in [0, 0.05) is 25.2 Å². The number of nitrogens with one attached hydrogen (secondary N) is 1. The molecule has 0 fully saturated rings. The van der Waals surface area contributed by atoms with Crippen LogP contribution in [0.5, 0.6) is 0 Å². The van der Waals surface area contributed by atoms with Crippen molar-refractivity contribution in [3.63, 3.8) is 0 Å². The summed E-state index contributed by atoms with van der Waals surface area (Å²) in [5, 5.41) is 14.1. The maximum absolute atomic E-state index is 13.6. The Morgan fingerprint density at radius 3 is 2.39 bits per heavy atom. The summed E-state index contributed by atoms with van der Waals surface area (Å²) >= 11 is 0. The maximum Gasteiger partial charge on any atom is 0.271 e. The molecule has 2 aromatic rings. The van der Waals surface area contributed by atoms with Gasteiger partial charge in [0.05, 0.1) is 16.9 Å². The number of unbranched alkanes of at least 4 members (excludes halogenated alkanes) is 1. The predicted octanol–water partition coefficient (Wildman–Crippen LogP) is 3.39. The van der Waals surface area contributed by atoms with Gasteiger partial charge in [-0.1, -0.05) is 50.6 Å². The van der Waals surface area contributed by atoms with E-state index in [0.29, 0.717) is 13.0 Å². The molecule has 196 valence electrons. The number of aryl methyl sites for hydroxylation is 1. The zero-order valence-electron chi connectivity index (χ0n) is 21.1. The molecule has 0 unspecified atom stereocenters. The summed E-state index contributed by atoms with van der Waals surface area (Å²) in [6, 6.07) is 11.7. The molecule has 0 saturated carbocycles. The van der Waals surface area contributed by atoms with Crippen molar-refractivity contribution in [1.29, 1.82) is 0 Å². The van der Waals surface area contributed by atoms with Gasteiger partial charge in [-0.3, -0.25) is 24.0 Å². The van der Waals surface area contributed by atoms with Crippen LogP contribution < -0.4 is 9.62 Å². The quantitative estimate of drug-likeness (QED) is 0.246. The summed E-state index contributed by atoms with van der Waals surface area (Å²) in [5.41, 5.74) is 1.45. The van der Waals surface area contributed by atoms with Crippen LogP contribution in [0.3, 0.4) is 0 Å². The zero-order chi connectivity index (χ0) is 26.9. The number of nitro groups is 1. The van der Waals surface area contributed by atoms with Crippen LogP contribution in [0.1, 0.15) is 44.2 Å². The van der Waals surface area contributed by atoms with Crippen molar-refractivity contribution in [2.75, 3.05) is 23.7 Å². The Kier molecular flexibility index (Phi) is 10.4. The lowest BCUT2D eigenvalue weighted by atomic mass is 10.1. The third-order valence-electron chi connectivity index (χ3n) is 5.83. The topological polar surface area (TPSA) is 130 Å². The molecule has 0 spiro atoms. The first-order valence-electron chi connectivity index (χ1n) is 11.8. The molecule has 2 amide bonds. The lowest BCUT2D eigenvalue weighted by Gasteiger charge is -2.33. The fourth-order valence-electron chi connectivity index (χ4n) is 3.77. The van der Waals surface area contributed by atoms with Gasteiger partial charge in [-0.25, -0.2) is 8.42 Å². The number of carbonyl (C=O) groups is 2. The second kappa shape index (κ2) is 13.0. The van der Waals surface area contributed by atoms with E-state index in [0.717, 1.165) is 40.6 Å². The minimum atomic E-state index is -3.98. The second-order valence-electron chi connectivity index (χ2n) is 8.56. The highest BCUT2D eigenvalue weighted by atomic mass is 32.2. The highest BCUT2D eigenvalue weighted by Gasteiger charge is 2.32. The van der Waals surface area contributed by atoms with Crippen LogP contribution in [0.15, 0.2) is 48.5 Å². The van der Waals surface area contributed by atoms with Crippen LogP contribution in [0.2, 0.25) is 0 Å². The molecular weight excluding hydrogens is 484 g/mol. The average molecular weight is 519 g/mol. The van der Waals surface area contributed by atoms with Crippen molar-refractivity contribution in [3.8, 4) is 0 Å². The number of sulfonamides is 1. The van der Waals surface area contributed by atoms with Gasteiger partial charge >= 0.3 is 0 Å². The number of anilines is 1. The first kappa shape index (κ1) is 28.8. The third-order valence-corrected chi connectivity index (χ3v) is 6.97. The number of carbonyl (C=O) groups excluding carboxylic acids is 2. The molecule has 2 aromatic carbocycles. The molecule has 36 heavy (non-hydrogen) atoms. The van der Waals surface area contributed by atoms with Crippen molar-refractivity contribution in [3.05, 3.63) is 69.8 Å².